The molecule has 2 amide bonds. The fraction of sp³-hybridized carbons (Fsp3) is 0.500. The number of rotatable bonds is 3. The van der Waals surface area contributed by atoms with Crippen LogP contribution in [0, 0.1) is 29.1 Å². The molecule has 2 saturated carbocycles. The summed E-state index contributed by atoms with van der Waals surface area (Å²) in [6, 6.07) is 8.91. The molecular weight excluding hydrogens is 250 g/mol. The van der Waals surface area contributed by atoms with Crippen LogP contribution in [0.5, 0.6) is 0 Å². The molecule has 3 rings (SSSR count). The quantitative estimate of drug-likeness (QED) is 0.885. The number of fused-ring (bicyclic) bond motifs is 2. The number of hydrogen-bond acceptors (Lipinski definition) is 2. The lowest BCUT2D eigenvalue weighted by atomic mass is 9.89. The summed E-state index contributed by atoms with van der Waals surface area (Å²) in [6.07, 6.45) is 5.32. The van der Waals surface area contributed by atoms with E-state index in [1.807, 2.05) is 6.07 Å². The Bertz CT molecular complexity index is 549. The molecule has 0 spiro atoms. The summed E-state index contributed by atoms with van der Waals surface area (Å²) in [5, 5.41) is 14.7. The van der Waals surface area contributed by atoms with Crippen molar-refractivity contribution >= 4 is 11.7 Å². The molecule has 20 heavy (non-hydrogen) atoms. The molecule has 1 aromatic carbocycles. The monoisotopic (exact) mass is 269 g/mol. The number of nitrogens with zero attached hydrogens (tertiary/aromatic N) is 1. The molecule has 2 aliphatic rings. The lowest BCUT2D eigenvalue weighted by Gasteiger charge is -2.21. The van der Waals surface area contributed by atoms with E-state index >= 15 is 0 Å². The van der Waals surface area contributed by atoms with Crippen LogP contribution < -0.4 is 10.6 Å². The zero-order valence-corrected chi connectivity index (χ0v) is 11.4. The number of urea groups is 1. The van der Waals surface area contributed by atoms with Crippen LogP contribution >= 0.6 is 0 Å². The van der Waals surface area contributed by atoms with E-state index in [2.05, 4.69) is 16.7 Å². The fourth-order valence-electron chi connectivity index (χ4n) is 3.71. The number of anilines is 1. The van der Waals surface area contributed by atoms with Crippen LogP contribution in [0.3, 0.4) is 0 Å². The van der Waals surface area contributed by atoms with Gasteiger partial charge in [0.2, 0.25) is 0 Å². The third kappa shape index (κ3) is 2.62. The van der Waals surface area contributed by atoms with Gasteiger partial charge in [0.05, 0.1) is 11.3 Å². The molecule has 1 aromatic rings. The molecule has 0 saturated heterocycles. The lowest BCUT2D eigenvalue weighted by Crippen LogP contribution is -2.34. The predicted molar refractivity (Wildman–Crippen MR) is 77.1 cm³/mol. The summed E-state index contributed by atoms with van der Waals surface area (Å²) in [6.45, 7) is 0.752. The van der Waals surface area contributed by atoms with E-state index in [1.165, 1.54) is 25.7 Å². The second-order valence-electron chi connectivity index (χ2n) is 5.93. The number of nitrogens with one attached hydrogen (secondary N) is 2. The Morgan fingerprint density at radius 2 is 2.15 bits per heavy atom. The van der Waals surface area contributed by atoms with Gasteiger partial charge in [0, 0.05) is 6.54 Å². The van der Waals surface area contributed by atoms with Gasteiger partial charge in [-0.15, -0.1) is 0 Å². The molecule has 4 heteroatoms. The highest BCUT2D eigenvalue weighted by Crippen LogP contribution is 2.47. The first-order chi connectivity index (χ1) is 9.76. The van der Waals surface area contributed by atoms with E-state index in [0.29, 0.717) is 17.2 Å². The van der Waals surface area contributed by atoms with Gasteiger partial charge in [-0.25, -0.2) is 4.79 Å². The smallest absolute Gasteiger partial charge is 0.319 e. The molecule has 0 aromatic heterocycles. The number of benzene rings is 1. The Balaban J connectivity index is 1.51. The van der Waals surface area contributed by atoms with Crippen molar-refractivity contribution in [2.45, 2.75) is 25.7 Å². The molecular formula is C16H19N3O. The molecule has 3 atom stereocenters. The molecule has 0 heterocycles. The first-order valence-electron chi connectivity index (χ1n) is 7.30. The van der Waals surface area contributed by atoms with Gasteiger partial charge < -0.3 is 10.6 Å². The average Bonchev–Trinajstić information content (AvgIpc) is 3.08. The van der Waals surface area contributed by atoms with Gasteiger partial charge in [-0.2, -0.15) is 5.26 Å². The predicted octanol–water partition coefficient (Wildman–Crippen LogP) is 3.12. The second-order valence-corrected chi connectivity index (χ2v) is 5.93. The molecule has 2 bridgehead atoms. The minimum absolute atomic E-state index is 0.213. The van der Waals surface area contributed by atoms with Crippen LogP contribution in [0.15, 0.2) is 24.3 Å². The van der Waals surface area contributed by atoms with Gasteiger partial charge in [0.1, 0.15) is 6.07 Å². The van der Waals surface area contributed by atoms with Crippen LogP contribution in [-0.2, 0) is 0 Å². The highest BCUT2D eigenvalue weighted by Gasteiger charge is 2.39. The van der Waals surface area contributed by atoms with Crippen molar-refractivity contribution in [3.05, 3.63) is 29.8 Å². The Labute approximate surface area is 119 Å². The van der Waals surface area contributed by atoms with Gasteiger partial charge in [0.15, 0.2) is 0 Å². The van der Waals surface area contributed by atoms with Gasteiger partial charge in [-0.05, 0) is 49.1 Å². The topological polar surface area (TPSA) is 64.9 Å². The van der Waals surface area contributed by atoms with Gasteiger partial charge in [-0.3, -0.25) is 0 Å². The summed E-state index contributed by atoms with van der Waals surface area (Å²) in [7, 11) is 0. The SMILES string of the molecule is N#Cc1ccccc1NC(=O)NCC1CC2CCC1C2. The summed E-state index contributed by atoms with van der Waals surface area (Å²) >= 11 is 0. The third-order valence-corrected chi connectivity index (χ3v) is 4.71. The molecule has 2 aliphatic carbocycles. The van der Waals surface area contributed by atoms with Crippen LogP contribution in [0.25, 0.3) is 0 Å². The van der Waals surface area contributed by atoms with Gasteiger partial charge in [0.25, 0.3) is 0 Å². The number of carbonyl (C=O) groups is 1. The van der Waals surface area contributed by atoms with Crippen molar-refractivity contribution in [2.75, 3.05) is 11.9 Å². The van der Waals surface area contributed by atoms with Crippen molar-refractivity contribution in [1.29, 1.82) is 5.26 Å². The Kier molecular flexibility index (Phi) is 3.60. The van der Waals surface area contributed by atoms with Gasteiger partial charge in [-0.1, -0.05) is 18.6 Å². The summed E-state index contributed by atoms with van der Waals surface area (Å²) in [5.41, 5.74) is 1.06. The molecule has 0 aliphatic heterocycles. The maximum absolute atomic E-state index is 11.9. The minimum Gasteiger partial charge on any atom is -0.338 e. The van der Waals surface area contributed by atoms with Gasteiger partial charge >= 0.3 is 6.03 Å². The maximum atomic E-state index is 11.9. The number of hydrogen-bond donors (Lipinski definition) is 2. The highest BCUT2D eigenvalue weighted by atomic mass is 16.2. The normalized spacial score (nSPS) is 27.1. The third-order valence-electron chi connectivity index (χ3n) is 4.71. The van der Waals surface area contributed by atoms with E-state index in [1.54, 1.807) is 18.2 Å². The summed E-state index contributed by atoms with van der Waals surface area (Å²) in [4.78, 5) is 11.9. The van der Waals surface area contributed by atoms with Crippen molar-refractivity contribution in [3.8, 4) is 6.07 Å². The minimum atomic E-state index is -0.213. The number of carbonyl (C=O) groups excluding carboxylic acids is 1. The lowest BCUT2D eigenvalue weighted by molar-refractivity contribution is 0.245. The molecule has 104 valence electrons. The standard InChI is InChI=1S/C16H19N3O/c17-9-13-3-1-2-4-15(13)19-16(20)18-10-14-8-11-5-6-12(14)7-11/h1-4,11-12,14H,5-8,10H2,(H2,18,19,20). The Hall–Kier alpha value is -2.02. The first kappa shape index (κ1) is 13.0. The molecule has 4 nitrogen and oxygen atoms in total. The van der Waals surface area contributed by atoms with E-state index in [9.17, 15) is 4.79 Å². The van der Waals surface area contributed by atoms with Crippen LogP contribution in [-0.4, -0.2) is 12.6 Å². The fourth-order valence-corrected chi connectivity index (χ4v) is 3.71. The van der Waals surface area contributed by atoms with Crippen LogP contribution in [0.4, 0.5) is 10.5 Å². The average molecular weight is 269 g/mol. The number of nitriles is 1. The van der Waals surface area contributed by atoms with Crippen LogP contribution in [0.1, 0.15) is 31.2 Å². The first-order valence-corrected chi connectivity index (χ1v) is 7.30. The number of para-hydroxylation sites is 1. The maximum Gasteiger partial charge on any atom is 0.319 e. The molecule has 2 fully saturated rings. The molecule has 2 N–H and O–H groups in total. The molecule has 0 radical (unpaired) electrons. The van der Waals surface area contributed by atoms with Crippen molar-refractivity contribution < 1.29 is 4.79 Å². The Morgan fingerprint density at radius 3 is 2.85 bits per heavy atom. The highest BCUT2D eigenvalue weighted by molar-refractivity contribution is 5.90. The zero-order valence-electron chi connectivity index (χ0n) is 11.4. The number of amides is 2. The van der Waals surface area contributed by atoms with E-state index < -0.39 is 0 Å². The van der Waals surface area contributed by atoms with E-state index in [0.717, 1.165) is 18.4 Å². The molecule has 3 unspecified atom stereocenters. The second kappa shape index (κ2) is 5.54. The summed E-state index contributed by atoms with van der Waals surface area (Å²) in [5.74, 6) is 2.35. The van der Waals surface area contributed by atoms with E-state index in [-0.39, 0.29) is 6.03 Å². The zero-order chi connectivity index (χ0) is 13.9. The Morgan fingerprint density at radius 1 is 1.30 bits per heavy atom. The van der Waals surface area contributed by atoms with Crippen molar-refractivity contribution in [2.24, 2.45) is 17.8 Å². The summed E-state index contributed by atoms with van der Waals surface area (Å²) < 4.78 is 0. The largest absolute Gasteiger partial charge is 0.338 e. The van der Waals surface area contributed by atoms with E-state index in [4.69, 9.17) is 5.26 Å². The van der Waals surface area contributed by atoms with Crippen molar-refractivity contribution in [3.63, 3.8) is 0 Å². The van der Waals surface area contributed by atoms with Crippen LogP contribution in [0.2, 0.25) is 0 Å². The van der Waals surface area contributed by atoms with Crippen molar-refractivity contribution in [1.82, 2.24) is 5.32 Å².